The second kappa shape index (κ2) is 8.21. The molecule has 1 rings (SSSR count). The maximum Gasteiger partial charge on any atom is 0.156 e. The standard InChI is InChI=1S/C12H15BrCl2O/c13-8-3-1-2-4-9-16-12-10(14)6-5-7-11(12)15/h5-7H,1-4,8-9H2. The van der Waals surface area contributed by atoms with Crippen molar-refractivity contribution in [3.63, 3.8) is 0 Å². The average Bonchev–Trinajstić information content (AvgIpc) is 2.26. The lowest BCUT2D eigenvalue weighted by atomic mass is 10.2. The Morgan fingerprint density at radius 1 is 1.00 bits per heavy atom. The fourth-order valence-electron chi connectivity index (χ4n) is 1.34. The second-order valence-electron chi connectivity index (χ2n) is 3.50. The van der Waals surface area contributed by atoms with Crippen molar-refractivity contribution in [1.29, 1.82) is 0 Å². The van der Waals surface area contributed by atoms with Crippen LogP contribution in [0.1, 0.15) is 25.7 Å². The molecule has 0 radical (unpaired) electrons. The molecule has 0 saturated carbocycles. The highest BCUT2D eigenvalue weighted by Gasteiger charge is 2.05. The zero-order chi connectivity index (χ0) is 11.8. The molecule has 0 bridgehead atoms. The SMILES string of the molecule is Clc1cccc(Cl)c1OCCCCCCBr. The molecule has 0 spiro atoms. The van der Waals surface area contributed by atoms with E-state index in [2.05, 4.69) is 15.9 Å². The van der Waals surface area contributed by atoms with Gasteiger partial charge in [-0.15, -0.1) is 0 Å². The van der Waals surface area contributed by atoms with Crippen molar-refractivity contribution in [1.82, 2.24) is 0 Å². The van der Waals surface area contributed by atoms with Gasteiger partial charge in [-0.3, -0.25) is 0 Å². The van der Waals surface area contributed by atoms with Crippen LogP contribution in [0.15, 0.2) is 18.2 Å². The fourth-order valence-corrected chi connectivity index (χ4v) is 2.25. The molecular formula is C12H15BrCl2O. The van der Waals surface area contributed by atoms with Crippen LogP contribution in [0.3, 0.4) is 0 Å². The Morgan fingerprint density at radius 2 is 1.62 bits per heavy atom. The number of benzene rings is 1. The molecule has 1 aromatic carbocycles. The van der Waals surface area contributed by atoms with Crippen LogP contribution in [0.5, 0.6) is 5.75 Å². The van der Waals surface area contributed by atoms with Crippen molar-refractivity contribution >= 4 is 39.1 Å². The number of para-hydroxylation sites is 1. The maximum atomic E-state index is 5.98. The highest BCUT2D eigenvalue weighted by molar-refractivity contribution is 9.09. The number of unbranched alkanes of at least 4 members (excludes halogenated alkanes) is 3. The summed E-state index contributed by atoms with van der Waals surface area (Å²) in [5.74, 6) is 0.603. The van der Waals surface area contributed by atoms with Gasteiger partial charge < -0.3 is 4.74 Å². The van der Waals surface area contributed by atoms with E-state index in [1.807, 2.05) is 6.07 Å². The van der Waals surface area contributed by atoms with E-state index in [4.69, 9.17) is 27.9 Å². The highest BCUT2D eigenvalue weighted by atomic mass is 79.9. The summed E-state index contributed by atoms with van der Waals surface area (Å²) in [4.78, 5) is 0. The van der Waals surface area contributed by atoms with Gasteiger partial charge in [-0.25, -0.2) is 0 Å². The first-order valence-electron chi connectivity index (χ1n) is 5.38. The molecule has 0 fully saturated rings. The van der Waals surface area contributed by atoms with Crippen molar-refractivity contribution in [2.24, 2.45) is 0 Å². The molecule has 0 aliphatic carbocycles. The fraction of sp³-hybridized carbons (Fsp3) is 0.500. The molecule has 0 N–H and O–H groups in total. The smallest absolute Gasteiger partial charge is 0.156 e. The summed E-state index contributed by atoms with van der Waals surface area (Å²) in [6.07, 6.45) is 4.65. The van der Waals surface area contributed by atoms with Crippen molar-refractivity contribution in [2.75, 3.05) is 11.9 Å². The molecule has 4 heteroatoms. The summed E-state index contributed by atoms with van der Waals surface area (Å²) >= 11 is 15.4. The topological polar surface area (TPSA) is 9.23 Å². The molecule has 0 saturated heterocycles. The number of rotatable bonds is 7. The molecule has 0 amide bonds. The van der Waals surface area contributed by atoms with Crippen molar-refractivity contribution in [3.05, 3.63) is 28.2 Å². The van der Waals surface area contributed by atoms with Gasteiger partial charge in [0.15, 0.2) is 5.75 Å². The predicted octanol–water partition coefficient (Wildman–Crippen LogP) is 5.33. The van der Waals surface area contributed by atoms with Gasteiger partial charge in [0.25, 0.3) is 0 Å². The quantitative estimate of drug-likeness (QED) is 0.486. The molecule has 90 valence electrons. The summed E-state index contributed by atoms with van der Waals surface area (Å²) in [5.41, 5.74) is 0. The van der Waals surface area contributed by atoms with E-state index in [1.54, 1.807) is 12.1 Å². The van der Waals surface area contributed by atoms with Crippen molar-refractivity contribution in [3.8, 4) is 5.75 Å². The van der Waals surface area contributed by atoms with Gasteiger partial charge in [-0.05, 0) is 25.0 Å². The van der Waals surface area contributed by atoms with Crippen LogP contribution < -0.4 is 4.74 Å². The number of halogens is 3. The Hall–Kier alpha value is 0.0800. The summed E-state index contributed by atoms with van der Waals surface area (Å²) in [5, 5.41) is 2.23. The predicted molar refractivity (Wildman–Crippen MR) is 74.2 cm³/mol. The van der Waals surface area contributed by atoms with E-state index in [1.165, 1.54) is 19.3 Å². The van der Waals surface area contributed by atoms with Crippen molar-refractivity contribution < 1.29 is 4.74 Å². The Labute approximate surface area is 115 Å². The second-order valence-corrected chi connectivity index (χ2v) is 5.11. The average molecular weight is 326 g/mol. The minimum absolute atomic E-state index is 0.577. The van der Waals surface area contributed by atoms with Gasteiger partial charge in [-0.1, -0.05) is 58.0 Å². The Morgan fingerprint density at radius 3 is 2.25 bits per heavy atom. The normalized spacial score (nSPS) is 10.4. The van der Waals surface area contributed by atoms with E-state index in [9.17, 15) is 0 Å². The van der Waals surface area contributed by atoms with Crippen LogP contribution in [-0.2, 0) is 0 Å². The van der Waals surface area contributed by atoms with Crippen LogP contribution in [0.2, 0.25) is 10.0 Å². The first-order valence-corrected chi connectivity index (χ1v) is 7.26. The lowest BCUT2D eigenvalue weighted by molar-refractivity contribution is 0.305. The Bertz CT molecular complexity index is 298. The van der Waals surface area contributed by atoms with Gasteiger partial charge in [-0.2, -0.15) is 0 Å². The zero-order valence-corrected chi connectivity index (χ0v) is 12.1. The molecule has 0 atom stereocenters. The van der Waals surface area contributed by atoms with Gasteiger partial charge in [0, 0.05) is 5.33 Å². The summed E-state index contributed by atoms with van der Waals surface area (Å²) in [6, 6.07) is 5.38. The van der Waals surface area contributed by atoms with Crippen LogP contribution >= 0.6 is 39.1 Å². The van der Waals surface area contributed by atoms with Crippen LogP contribution in [0, 0.1) is 0 Å². The van der Waals surface area contributed by atoms with Crippen LogP contribution in [0.4, 0.5) is 0 Å². The van der Waals surface area contributed by atoms with Gasteiger partial charge >= 0.3 is 0 Å². The monoisotopic (exact) mass is 324 g/mol. The van der Waals surface area contributed by atoms with Crippen molar-refractivity contribution in [2.45, 2.75) is 25.7 Å². The Balaban J connectivity index is 2.26. The van der Waals surface area contributed by atoms with Gasteiger partial charge in [0.05, 0.1) is 16.7 Å². The maximum absolute atomic E-state index is 5.98. The van der Waals surface area contributed by atoms with Crippen LogP contribution in [0.25, 0.3) is 0 Å². The number of alkyl halides is 1. The number of hydrogen-bond acceptors (Lipinski definition) is 1. The molecule has 0 aliphatic rings. The Kier molecular flexibility index (Phi) is 7.26. The highest BCUT2D eigenvalue weighted by Crippen LogP contribution is 2.32. The molecule has 1 aromatic rings. The van der Waals surface area contributed by atoms with E-state index in [-0.39, 0.29) is 0 Å². The molecular weight excluding hydrogens is 311 g/mol. The molecule has 0 heterocycles. The third-order valence-corrected chi connectivity index (χ3v) is 3.35. The van der Waals surface area contributed by atoms with Crippen LogP contribution in [-0.4, -0.2) is 11.9 Å². The third-order valence-electron chi connectivity index (χ3n) is 2.19. The molecule has 1 nitrogen and oxygen atoms in total. The number of ether oxygens (including phenoxy) is 1. The van der Waals surface area contributed by atoms with E-state index < -0.39 is 0 Å². The summed E-state index contributed by atoms with van der Waals surface area (Å²) < 4.78 is 5.57. The van der Waals surface area contributed by atoms with Gasteiger partial charge in [0.2, 0.25) is 0 Å². The minimum Gasteiger partial charge on any atom is -0.490 e. The summed E-state index contributed by atoms with van der Waals surface area (Å²) in [6.45, 7) is 0.672. The minimum atomic E-state index is 0.577. The van der Waals surface area contributed by atoms with E-state index >= 15 is 0 Å². The number of hydrogen-bond donors (Lipinski definition) is 0. The van der Waals surface area contributed by atoms with E-state index in [0.29, 0.717) is 22.4 Å². The molecule has 0 aromatic heterocycles. The molecule has 16 heavy (non-hydrogen) atoms. The lowest BCUT2D eigenvalue weighted by Crippen LogP contribution is -1.98. The zero-order valence-electron chi connectivity index (χ0n) is 9.02. The lowest BCUT2D eigenvalue weighted by Gasteiger charge is -2.09. The molecule has 0 unspecified atom stereocenters. The van der Waals surface area contributed by atoms with E-state index in [0.717, 1.165) is 11.8 Å². The first kappa shape index (κ1) is 14.1. The molecule has 0 aliphatic heterocycles. The summed E-state index contributed by atoms with van der Waals surface area (Å²) in [7, 11) is 0. The third kappa shape index (κ3) is 4.94. The largest absolute Gasteiger partial charge is 0.490 e. The van der Waals surface area contributed by atoms with Gasteiger partial charge in [0.1, 0.15) is 0 Å². The first-order chi connectivity index (χ1) is 7.75.